The zero-order valence-electron chi connectivity index (χ0n) is 12.8. The van der Waals surface area contributed by atoms with Crippen molar-refractivity contribution in [1.82, 2.24) is 15.1 Å². The van der Waals surface area contributed by atoms with Gasteiger partial charge in [-0.05, 0) is 6.42 Å². The molecule has 3 nitrogen and oxygen atoms in total. The fourth-order valence-electron chi connectivity index (χ4n) is 2.66. The zero-order valence-corrected chi connectivity index (χ0v) is 12.8. The third-order valence-electron chi connectivity index (χ3n) is 3.71. The average molecular weight is 295 g/mol. The minimum absolute atomic E-state index is 0.440. The summed E-state index contributed by atoms with van der Waals surface area (Å²) in [6.07, 6.45) is -1.88. The monoisotopic (exact) mass is 295 g/mol. The highest BCUT2D eigenvalue weighted by molar-refractivity contribution is 4.81. The first kappa shape index (κ1) is 17.7. The maximum absolute atomic E-state index is 12.4. The van der Waals surface area contributed by atoms with Gasteiger partial charge in [-0.25, -0.2) is 0 Å². The largest absolute Gasteiger partial charge is 0.401 e. The minimum Gasteiger partial charge on any atom is -0.313 e. The lowest BCUT2D eigenvalue weighted by Crippen LogP contribution is -2.54. The molecule has 1 heterocycles. The summed E-state index contributed by atoms with van der Waals surface area (Å²) in [6.45, 7) is 9.04. The maximum atomic E-state index is 12.4. The van der Waals surface area contributed by atoms with Gasteiger partial charge >= 0.3 is 6.18 Å². The van der Waals surface area contributed by atoms with Crippen molar-refractivity contribution in [3.05, 3.63) is 0 Å². The third-order valence-corrected chi connectivity index (χ3v) is 3.71. The number of piperazine rings is 1. The Balaban J connectivity index is 2.39. The van der Waals surface area contributed by atoms with Crippen LogP contribution in [0.25, 0.3) is 0 Å². The lowest BCUT2D eigenvalue weighted by atomic mass is 10.1. The van der Waals surface area contributed by atoms with E-state index in [0.717, 1.165) is 32.5 Å². The number of halogens is 3. The van der Waals surface area contributed by atoms with E-state index in [1.807, 2.05) is 0 Å². The first-order valence-electron chi connectivity index (χ1n) is 7.58. The normalized spacial score (nSPS) is 20.6. The highest BCUT2D eigenvalue weighted by Gasteiger charge is 2.33. The Morgan fingerprint density at radius 2 is 1.70 bits per heavy atom. The van der Waals surface area contributed by atoms with Crippen LogP contribution >= 0.6 is 0 Å². The molecular weight excluding hydrogens is 267 g/mol. The number of nitrogens with zero attached hydrogens (tertiary/aromatic N) is 2. The van der Waals surface area contributed by atoms with Crippen LogP contribution in [0.4, 0.5) is 13.2 Å². The number of hydrogen-bond donors (Lipinski definition) is 1. The van der Waals surface area contributed by atoms with E-state index >= 15 is 0 Å². The molecule has 0 saturated carbocycles. The van der Waals surface area contributed by atoms with Crippen molar-refractivity contribution in [2.75, 3.05) is 39.3 Å². The van der Waals surface area contributed by atoms with Crippen LogP contribution < -0.4 is 5.32 Å². The standard InChI is InChI=1S/C14H28F3N3/c1-4-5-13(10-18-12(2)3)20-8-6-19(7-9-20)11-14(15,16)17/h12-13,18H,4-11H2,1-3H3. The molecule has 1 aliphatic rings. The number of hydrogen-bond acceptors (Lipinski definition) is 3. The molecule has 0 spiro atoms. The van der Waals surface area contributed by atoms with E-state index in [0.29, 0.717) is 25.2 Å². The van der Waals surface area contributed by atoms with Gasteiger partial charge in [0.2, 0.25) is 0 Å². The zero-order chi connectivity index (χ0) is 15.2. The SMILES string of the molecule is CCCC(CNC(C)C)N1CCN(CC(F)(F)F)CC1. The van der Waals surface area contributed by atoms with Crippen LogP contribution in [0.2, 0.25) is 0 Å². The van der Waals surface area contributed by atoms with E-state index in [-0.39, 0.29) is 0 Å². The maximum Gasteiger partial charge on any atom is 0.401 e. The molecule has 0 aromatic carbocycles. The Kier molecular flexibility index (Phi) is 7.26. The molecule has 1 saturated heterocycles. The molecule has 0 radical (unpaired) electrons. The molecule has 0 aromatic heterocycles. The van der Waals surface area contributed by atoms with E-state index in [1.165, 1.54) is 4.90 Å². The molecule has 6 heteroatoms. The third kappa shape index (κ3) is 6.90. The lowest BCUT2D eigenvalue weighted by molar-refractivity contribution is -0.149. The van der Waals surface area contributed by atoms with Gasteiger partial charge in [0, 0.05) is 44.8 Å². The van der Waals surface area contributed by atoms with Gasteiger partial charge in [-0.2, -0.15) is 13.2 Å². The summed E-state index contributed by atoms with van der Waals surface area (Å²) in [5.74, 6) is 0. The molecule has 1 rings (SSSR count). The van der Waals surface area contributed by atoms with Gasteiger partial charge in [0.1, 0.15) is 0 Å². The fourth-order valence-corrected chi connectivity index (χ4v) is 2.66. The topological polar surface area (TPSA) is 18.5 Å². The van der Waals surface area contributed by atoms with Gasteiger partial charge in [-0.3, -0.25) is 9.80 Å². The van der Waals surface area contributed by atoms with Gasteiger partial charge in [0.15, 0.2) is 0 Å². The van der Waals surface area contributed by atoms with Crippen LogP contribution in [0.5, 0.6) is 0 Å². The summed E-state index contributed by atoms with van der Waals surface area (Å²) in [7, 11) is 0. The van der Waals surface area contributed by atoms with E-state index < -0.39 is 12.7 Å². The predicted octanol–water partition coefficient (Wildman–Crippen LogP) is 2.33. The van der Waals surface area contributed by atoms with Gasteiger partial charge in [0.05, 0.1) is 6.54 Å². The Bertz CT molecular complexity index is 261. The summed E-state index contributed by atoms with van der Waals surface area (Å²) in [5.41, 5.74) is 0. The fraction of sp³-hybridized carbons (Fsp3) is 1.00. The first-order chi connectivity index (χ1) is 9.31. The van der Waals surface area contributed by atoms with E-state index in [9.17, 15) is 13.2 Å². The molecule has 120 valence electrons. The molecular formula is C14H28F3N3. The summed E-state index contributed by atoms with van der Waals surface area (Å²) < 4.78 is 37.1. The highest BCUT2D eigenvalue weighted by atomic mass is 19.4. The average Bonchev–Trinajstić information content (AvgIpc) is 2.33. The van der Waals surface area contributed by atoms with Gasteiger partial charge in [-0.1, -0.05) is 27.2 Å². The lowest BCUT2D eigenvalue weighted by Gasteiger charge is -2.39. The summed E-state index contributed by atoms with van der Waals surface area (Å²) >= 11 is 0. The van der Waals surface area contributed by atoms with Gasteiger partial charge < -0.3 is 5.32 Å². The quantitative estimate of drug-likeness (QED) is 0.778. The number of nitrogens with one attached hydrogen (secondary N) is 1. The molecule has 1 N–H and O–H groups in total. The number of rotatable bonds is 7. The Morgan fingerprint density at radius 3 is 2.15 bits per heavy atom. The van der Waals surface area contributed by atoms with E-state index in [4.69, 9.17) is 0 Å². The molecule has 0 amide bonds. The van der Waals surface area contributed by atoms with Crippen molar-refractivity contribution < 1.29 is 13.2 Å². The van der Waals surface area contributed by atoms with Crippen molar-refractivity contribution in [3.8, 4) is 0 Å². The summed E-state index contributed by atoms with van der Waals surface area (Å²) in [6, 6.07) is 0.885. The van der Waals surface area contributed by atoms with E-state index in [2.05, 4.69) is 31.0 Å². The highest BCUT2D eigenvalue weighted by Crippen LogP contribution is 2.18. The Morgan fingerprint density at radius 1 is 1.10 bits per heavy atom. The Hall–Kier alpha value is -0.330. The summed E-state index contributed by atoms with van der Waals surface area (Å²) in [4.78, 5) is 3.85. The first-order valence-corrected chi connectivity index (χ1v) is 7.58. The van der Waals surface area contributed by atoms with Crippen molar-refractivity contribution in [3.63, 3.8) is 0 Å². The van der Waals surface area contributed by atoms with Crippen LogP contribution in [0, 0.1) is 0 Å². The molecule has 0 aromatic rings. The minimum atomic E-state index is -4.08. The van der Waals surface area contributed by atoms with Crippen LogP contribution in [-0.2, 0) is 0 Å². The van der Waals surface area contributed by atoms with Crippen LogP contribution in [0.3, 0.4) is 0 Å². The molecule has 1 aliphatic heterocycles. The van der Waals surface area contributed by atoms with Crippen molar-refractivity contribution in [2.45, 2.75) is 51.9 Å². The van der Waals surface area contributed by atoms with Crippen LogP contribution in [-0.4, -0.2) is 67.3 Å². The number of alkyl halides is 3. The molecule has 0 bridgehead atoms. The second-order valence-corrected chi connectivity index (χ2v) is 5.93. The summed E-state index contributed by atoms with van der Waals surface area (Å²) in [5, 5.41) is 3.44. The smallest absolute Gasteiger partial charge is 0.313 e. The van der Waals surface area contributed by atoms with Crippen molar-refractivity contribution in [2.24, 2.45) is 0 Å². The second-order valence-electron chi connectivity index (χ2n) is 5.93. The molecule has 20 heavy (non-hydrogen) atoms. The van der Waals surface area contributed by atoms with Gasteiger partial charge in [0.25, 0.3) is 0 Å². The predicted molar refractivity (Wildman–Crippen MR) is 75.9 cm³/mol. The molecule has 1 atom stereocenters. The van der Waals surface area contributed by atoms with Crippen molar-refractivity contribution >= 4 is 0 Å². The molecule has 0 aliphatic carbocycles. The Labute approximate surface area is 120 Å². The van der Waals surface area contributed by atoms with Crippen LogP contribution in [0.15, 0.2) is 0 Å². The molecule has 1 unspecified atom stereocenters. The van der Waals surface area contributed by atoms with Crippen LogP contribution in [0.1, 0.15) is 33.6 Å². The molecule has 1 fully saturated rings. The second kappa shape index (κ2) is 8.20. The van der Waals surface area contributed by atoms with Crippen molar-refractivity contribution in [1.29, 1.82) is 0 Å². The van der Waals surface area contributed by atoms with Gasteiger partial charge in [-0.15, -0.1) is 0 Å². The van der Waals surface area contributed by atoms with E-state index in [1.54, 1.807) is 0 Å².